The van der Waals surface area contributed by atoms with Gasteiger partial charge in [0.1, 0.15) is 0 Å². The number of carbonyl (C=O) groups excluding carboxylic acids is 1. The number of hydrogen-bond donors (Lipinski definition) is 1. The molecule has 1 unspecified atom stereocenters. The van der Waals surface area contributed by atoms with Crippen LogP contribution in [0.2, 0.25) is 0 Å². The normalized spacial score (nSPS) is 18.0. The lowest BCUT2D eigenvalue weighted by Gasteiger charge is -2.31. The van der Waals surface area contributed by atoms with Crippen molar-refractivity contribution < 1.29 is 9.32 Å². The molecule has 0 bridgehead atoms. The van der Waals surface area contributed by atoms with Crippen LogP contribution in [0.25, 0.3) is 11.4 Å². The summed E-state index contributed by atoms with van der Waals surface area (Å²) in [5, 5.41) is 7.15. The number of amides is 1. The lowest BCUT2D eigenvalue weighted by atomic mass is 9.97. The highest BCUT2D eigenvalue weighted by atomic mass is 16.5. The third-order valence-electron chi connectivity index (χ3n) is 4.84. The Morgan fingerprint density at radius 1 is 1.41 bits per heavy atom. The van der Waals surface area contributed by atoms with Gasteiger partial charge in [-0.2, -0.15) is 4.98 Å². The Hall–Kier alpha value is -2.25. The van der Waals surface area contributed by atoms with Crippen LogP contribution in [0.5, 0.6) is 0 Å². The first-order valence-electron chi connectivity index (χ1n) is 9.55. The quantitative estimate of drug-likeness (QED) is 0.802. The molecule has 2 heterocycles. The smallest absolute Gasteiger partial charge is 0.241 e. The second-order valence-electron chi connectivity index (χ2n) is 7.55. The molecule has 1 atom stereocenters. The average molecular weight is 371 g/mol. The van der Waals surface area contributed by atoms with Crippen LogP contribution in [-0.2, 0) is 11.3 Å². The maximum atomic E-state index is 12.4. The summed E-state index contributed by atoms with van der Waals surface area (Å²) >= 11 is 0. The van der Waals surface area contributed by atoms with E-state index in [0.29, 0.717) is 24.8 Å². The SMILES string of the molecule is Cc1cccc(-c2noc(CN3CCCC(C(=O)NCCN(C)C)C3)n2)c1. The number of rotatable bonds is 7. The van der Waals surface area contributed by atoms with Crippen LogP contribution in [0, 0.1) is 12.8 Å². The molecule has 3 rings (SSSR count). The fraction of sp³-hybridized carbons (Fsp3) is 0.550. The zero-order chi connectivity index (χ0) is 19.2. The Labute approximate surface area is 160 Å². The van der Waals surface area contributed by atoms with Gasteiger partial charge < -0.3 is 14.7 Å². The van der Waals surface area contributed by atoms with Gasteiger partial charge in [0.05, 0.1) is 12.5 Å². The van der Waals surface area contributed by atoms with E-state index in [1.165, 1.54) is 0 Å². The van der Waals surface area contributed by atoms with Crippen LogP contribution >= 0.6 is 0 Å². The molecule has 1 aromatic carbocycles. The summed E-state index contributed by atoms with van der Waals surface area (Å²) in [6.45, 7) is 5.85. The maximum Gasteiger partial charge on any atom is 0.241 e. The number of aryl methyl sites for hydroxylation is 1. The van der Waals surface area contributed by atoms with E-state index in [9.17, 15) is 4.79 Å². The molecule has 0 aliphatic carbocycles. The van der Waals surface area contributed by atoms with E-state index >= 15 is 0 Å². The van der Waals surface area contributed by atoms with Gasteiger partial charge in [0, 0.05) is 25.2 Å². The molecule has 1 aliphatic rings. The van der Waals surface area contributed by atoms with Gasteiger partial charge in [-0.3, -0.25) is 9.69 Å². The number of likely N-dealkylation sites (tertiary alicyclic amines) is 1. The third kappa shape index (κ3) is 5.61. The molecule has 0 spiro atoms. The lowest BCUT2D eigenvalue weighted by molar-refractivity contribution is -0.126. The van der Waals surface area contributed by atoms with E-state index in [-0.39, 0.29) is 11.8 Å². The minimum atomic E-state index is 0.0278. The van der Waals surface area contributed by atoms with Crippen LogP contribution in [0.1, 0.15) is 24.3 Å². The maximum absolute atomic E-state index is 12.4. The highest BCUT2D eigenvalue weighted by Crippen LogP contribution is 2.21. The molecular weight excluding hydrogens is 342 g/mol. The number of carbonyl (C=O) groups is 1. The third-order valence-corrected chi connectivity index (χ3v) is 4.84. The first kappa shape index (κ1) is 19.5. The van der Waals surface area contributed by atoms with Crippen LogP contribution in [0.3, 0.4) is 0 Å². The molecule has 1 aliphatic heterocycles. The van der Waals surface area contributed by atoms with Crippen molar-refractivity contribution in [3.8, 4) is 11.4 Å². The van der Waals surface area contributed by atoms with Gasteiger partial charge in [-0.05, 0) is 46.5 Å². The van der Waals surface area contributed by atoms with Gasteiger partial charge in [0.25, 0.3) is 0 Å². The van der Waals surface area contributed by atoms with Crippen molar-refractivity contribution in [2.75, 3.05) is 40.3 Å². The minimum absolute atomic E-state index is 0.0278. The summed E-state index contributed by atoms with van der Waals surface area (Å²) in [7, 11) is 4.01. The number of nitrogens with zero attached hydrogens (tertiary/aromatic N) is 4. The molecule has 27 heavy (non-hydrogen) atoms. The van der Waals surface area contributed by atoms with Crippen LogP contribution < -0.4 is 5.32 Å². The molecule has 1 fully saturated rings. The molecule has 0 radical (unpaired) electrons. The van der Waals surface area contributed by atoms with Gasteiger partial charge in [-0.15, -0.1) is 0 Å². The molecule has 2 aromatic rings. The fourth-order valence-corrected chi connectivity index (χ4v) is 3.37. The molecule has 146 valence electrons. The molecule has 1 amide bonds. The summed E-state index contributed by atoms with van der Waals surface area (Å²) in [6, 6.07) is 8.06. The van der Waals surface area contributed by atoms with Gasteiger partial charge in [-0.25, -0.2) is 0 Å². The first-order valence-corrected chi connectivity index (χ1v) is 9.55. The van der Waals surface area contributed by atoms with E-state index < -0.39 is 0 Å². The number of likely N-dealkylation sites (N-methyl/N-ethyl adjacent to an activating group) is 1. The van der Waals surface area contributed by atoms with Crippen molar-refractivity contribution in [2.24, 2.45) is 5.92 Å². The Kier molecular flexibility index (Phi) is 6.58. The van der Waals surface area contributed by atoms with E-state index in [2.05, 4.69) is 25.3 Å². The van der Waals surface area contributed by atoms with Crippen molar-refractivity contribution in [3.63, 3.8) is 0 Å². The van der Waals surface area contributed by atoms with E-state index in [1.54, 1.807) is 0 Å². The van der Waals surface area contributed by atoms with E-state index in [0.717, 1.165) is 43.6 Å². The summed E-state index contributed by atoms with van der Waals surface area (Å²) in [4.78, 5) is 21.2. The zero-order valence-corrected chi connectivity index (χ0v) is 16.4. The minimum Gasteiger partial charge on any atom is -0.355 e. The fourth-order valence-electron chi connectivity index (χ4n) is 3.37. The topological polar surface area (TPSA) is 74.5 Å². The molecular formula is C20H29N5O2. The van der Waals surface area contributed by atoms with Crippen molar-refractivity contribution >= 4 is 5.91 Å². The standard InChI is InChI=1S/C20H29N5O2/c1-15-6-4-7-16(12-15)19-22-18(27-23-19)14-25-10-5-8-17(13-25)20(26)21-9-11-24(2)3/h4,6-7,12,17H,5,8-11,13-14H2,1-3H3,(H,21,26). The van der Waals surface area contributed by atoms with Crippen LogP contribution in [-0.4, -0.2) is 66.1 Å². The Morgan fingerprint density at radius 2 is 2.26 bits per heavy atom. The highest BCUT2D eigenvalue weighted by molar-refractivity contribution is 5.78. The van der Waals surface area contributed by atoms with Gasteiger partial charge in [-0.1, -0.05) is 28.9 Å². The summed E-state index contributed by atoms with van der Waals surface area (Å²) in [6.07, 6.45) is 1.94. The summed E-state index contributed by atoms with van der Waals surface area (Å²) < 4.78 is 5.44. The monoisotopic (exact) mass is 371 g/mol. The predicted molar refractivity (Wildman–Crippen MR) is 104 cm³/mol. The van der Waals surface area contributed by atoms with Crippen LogP contribution in [0.15, 0.2) is 28.8 Å². The number of nitrogens with one attached hydrogen (secondary N) is 1. The summed E-state index contributed by atoms with van der Waals surface area (Å²) in [5.41, 5.74) is 2.12. The molecule has 1 saturated heterocycles. The summed E-state index contributed by atoms with van der Waals surface area (Å²) in [5.74, 6) is 1.39. The second kappa shape index (κ2) is 9.10. The molecule has 0 saturated carbocycles. The number of hydrogen-bond acceptors (Lipinski definition) is 6. The Morgan fingerprint density at radius 3 is 3.04 bits per heavy atom. The zero-order valence-electron chi connectivity index (χ0n) is 16.4. The van der Waals surface area contributed by atoms with Gasteiger partial charge >= 0.3 is 0 Å². The molecule has 7 heteroatoms. The molecule has 7 nitrogen and oxygen atoms in total. The number of aromatic nitrogens is 2. The van der Waals surface area contributed by atoms with Gasteiger partial charge in [0.15, 0.2) is 0 Å². The average Bonchev–Trinajstić information content (AvgIpc) is 3.10. The molecule has 1 aromatic heterocycles. The highest BCUT2D eigenvalue weighted by Gasteiger charge is 2.26. The van der Waals surface area contributed by atoms with Crippen molar-refractivity contribution in [1.29, 1.82) is 0 Å². The first-order chi connectivity index (χ1) is 13.0. The van der Waals surface area contributed by atoms with Crippen LogP contribution in [0.4, 0.5) is 0 Å². The Bertz CT molecular complexity index is 758. The molecule has 1 N–H and O–H groups in total. The van der Waals surface area contributed by atoms with Crippen molar-refractivity contribution in [1.82, 2.24) is 25.3 Å². The largest absolute Gasteiger partial charge is 0.355 e. The van der Waals surface area contributed by atoms with E-state index in [4.69, 9.17) is 4.52 Å². The number of piperidine rings is 1. The van der Waals surface area contributed by atoms with Gasteiger partial charge in [0.2, 0.25) is 17.6 Å². The second-order valence-corrected chi connectivity index (χ2v) is 7.55. The predicted octanol–water partition coefficient (Wildman–Crippen LogP) is 1.93. The van der Waals surface area contributed by atoms with E-state index in [1.807, 2.05) is 45.3 Å². The Balaban J connectivity index is 1.54. The van der Waals surface area contributed by atoms with Crippen molar-refractivity contribution in [2.45, 2.75) is 26.3 Å². The lowest BCUT2D eigenvalue weighted by Crippen LogP contribution is -2.44. The van der Waals surface area contributed by atoms with Crippen molar-refractivity contribution in [3.05, 3.63) is 35.7 Å². The number of benzene rings is 1.